The van der Waals surface area contributed by atoms with Crippen LogP contribution >= 0.6 is 0 Å². The van der Waals surface area contributed by atoms with Gasteiger partial charge in [-0.3, -0.25) is 4.90 Å². The van der Waals surface area contributed by atoms with Gasteiger partial charge in [0.15, 0.2) is 0 Å². The summed E-state index contributed by atoms with van der Waals surface area (Å²) in [6.07, 6.45) is 1.71. The fourth-order valence-electron chi connectivity index (χ4n) is 3.38. The standard InChI is InChI=1S/C19H21N3O3/c1-2-25-19(23)16-10-14-17(11-20-16)21-15-5-3-4-13(18(14)15)12-22-6-8-24-9-7-22/h3-5,10-11,21H,2,6-9,12H2,1H3. The summed E-state index contributed by atoms with van der Waals surface area (Å²) < 4.78 is 10.5. The van der Waals surface area contributed by atoms with Crippen molar-refractivity contribution in [3.63, 3.8) is 0 Å². The quantitative estimate of drug-likeness (QED) is 0.740. The van der Waals surface area contributed by atoms with Crippen LogP contribution in [0, 0.1) is 0 Å². The molecule has 6 nitrogen and oxygen atoms in total. The molecule has 1 saturated heterocycles. The number of carbonyl (C=O) groups excluding carboxylic acids is 1. The summed E-state index contributed by atoms with van der Waals surface area (Å²) >= 11 is 0. The molecule has 1 aliphatic rings. The van der Waals surface area contributed by atoms with Crippen molar-refractivity contribution in [2.75, 3.05) is 32.9 Å². The van der Waals surface area contributed by atoms with Gasteiger partial charge in [-0.2, -0.15) is 0 Å². The first-order valence-electron chi connectivity index (χ1n) is 8.63. The summed E-state index contributed by atoms with van der Waals surface area (Å²) in [4.78, 5) is 22.1. The van der Waals surface area contributed by atoms with Gasteiger partial charge < -0.3 is 14.5 Å². The largest absolute Gasteiger partial charge is 0.461 e. The van der Waals surface area contributed by atoms with E-state index in [2.05, 4.69) is 33.1 Å². The number of morpholine rings is 1. The Kier molecular flexibility index (Phi) is 4.38. The number of H-pyrrole nitrogens is 1. The number of aromatic amines is 1. The number of aromatic nitrogens is 2. The van der Waals surface area contributed by atoms with Crippen molar-refractivity contribution in [3.05, 3.63) is 41.7 Å². The van der Waals surface area contributed by atoms with Crippen LogP contribution in [0.4, 0.5) is 0 Å². The molecule has 25 heavy (non-hydrogen) atoms. The molecule has 0 spiro atoms. The SMILES string of the molecule is CCOC(=O)c1cc2c(cn1)[nH]c1cccc(CN3CCOCC3)c12. The fourth-order valence-corrected chi connectivity index (χ4v) is 3.38. The Morgan fingerprint density at radius 2 is 2.16 bits per heavy atom. The van der Waals surface area contributed by atoms with Gasteiger partial charge in [0.25, 0.3) is 0 Å². The van der Waals surface area contributed by atoms with Crippen molar-refractivity contribution < 1.29 is 14.3 Å². The normalized spacial score (nSPS) is 15.7. The van der Waals surface area contributed by atoms with E-state index < -0.39 is 0 Å². The maximum absolute atomic E-state index is 12.0. The Hall–Kier alpha value is -2.44. The highest BCUT2D eigenvalue weighted by Gasteiger charge is 2.16. The van der Waals surface area contributed by atoms with Crippen LogP contribution in [0.3, 0.4) is 0 Å². The minimum Gasteiger partial charge on any atom is -0.461 e. The predicted octanol–water partition coefficient (Wildman–Crippen LogP) is 2.73. The van der Waals surface area contributed by atoms with Gasteiger partial charge in [0.05, 0.1) is 31.5 Å². The van der Waals surface area contributed by atoms with Crippen LogP contribution in [0.5, 0.6) is 0 Å². The number of nitrogens with zero attached hydrogens (tertiary/aromatic N) is 2. The van der Waals surface area contributed by atoms with Gasteiger partial charge in [0.2, 0.25) is 0 Å². The second-order valence-corrected chi connectivity index (χ2v) is 6.19. The zero-order chi connectivity index (χ0) is 17.2. The summed E-state index contributed by atoms with van der Waals surface area (Å²) in [5.74, 6) is -0.385. The second-order valence-electron chi connectivity index (χ2n) is 6.19. The first kappa shape index (κ1) is 16.1. The lowest BCUT2D eigenvalue weighted by Gasteiger charge is -2.26. The molecule has 0 unspecified atom stereocenters. The Morgan fingerprint density at radius 3 is 2.96 bits per heavy atom. The van der Waals surface area contributed by atoms with Crippen LogP contribution in [0.15, 0.2) is 30.5 Å². The molecule has 0 radical (unpaired) electrons. The lowest BCUT2D eigenvalue weighted by molar-refractivity contribution is 0.0344. The highest BCUT2D eigenvalue weighted by molar-refractivity contribution is 6.10. The van der Waals surface area contributed by atoms with Gasteiger partial charge in [0, 0.05) is 35.9 Å². The maximum Gasteiger partial charge on any atom is 0.356 e. The molecule has 1 N–H and O–H groups in total. The molecule has 0 aliphatic carbocycles. The Balaban J connectivity index is 1.78. The van der Waals surface area contributed by atoms with Crippen LogP contribution in [0.2, 0.25) is 0 Å². The number of carbonyl (C=O) groups is 1. The third kappa shape index (κ3) is 3.10. The number of nitrogens with one attached hydrogen (secondary N) is 1. The highest BCUT2D eigenvalue weighted by Crippen LogP contribution is 2.29. The van der Waals surface area contributed by atoms with E-state index in [1.165, 1.54) is 5.56 Å². The minimum atomic E-state index is -0.385. The summed E-state index contributed by atoms with van der Waals surface area (Å²) in [5, 5.41) is 2.16. The Bertz CT molecular complexity index is 913. The summed E-state index contributed by atoms with van der Waals surface area (Å²) in [6, 6.07) is 8.10. The average molecular weight is 339 g/mol. The molecule has 0 atom stereocenters. The van der Waals surface area contributed by atoms with Crippen molar-refractivity contribution in [1.29, 1.82) is 0 Å². The average Bonchev–Trinajstić information content (AvgIpc) is 3.01. The summed E-state index contributed by atoms with van der Waals surface area (Å²) in [6.45, 7) is 6.44. The van der Waals surface area contributed by atoms with E-state index >= 15 is 0 Å². The van der Waals surface area contributed by atoms with Crippen molar-refractivity contribution >= 4 is 27.8 Å². The van der Waals surface area contributed by atoms with E-state index in [4.69, 9.17) is 9.47 Å². The monoisotopic (exact) mass is 339 g/mol. The van der Waals surface area contributed by atoms with Crippen molar-refractivity contribution in [1.82, 2.24) is 14.9 Å². The molecule has 130 valence electrons. The number of hydrogen-bond donors (Lipinski definition) is 1. The number of ether oxygens (including phenoxy) is 2. The third-order valence-corrected chi connectivity index (χ3v) is 4.58. The van der Waals surface area contributed by atoms with E-state index in [9.17, 15) is 4.79 Å². The molecular formula is C19H21N3O3. The molecule has 0 bridgehead atoms. The zero-order valence-corrected chi connectivity index (χ0v) is 14.2. The van der Waals surface area contributed by atoms with Crippen molar-refractivity contribution in [2.24, 2.45) is 0 Å². The Labute approximate surface area is 145 Å². The molecule has 6 heteroatoms. The zero-order valence-electron chi connectivity index (χ0n) is 14.2. The lowest BCUT2D eigenvalue weighted by Crippen LogP contribution is -2.35. The highest BCUT2D eigenvalue weighted by atomic mass is 16.5. The first-order valence-corrected chi connectivity index (χ1v) is 8.63. The molecule has 3 heterocycles. The number of pyridine rings is 1. The summed E-state index contributed by atoms with van der Waals surface area (Å²) in [5.41, 5.74) is 3.57. The van der Waals surface area contributed by atoms with Gasteiger partial charge >= 0.3 is 5.97 Å². The molecule has 1 fully saturated rings. The molecule has 3 aromatic rings. The predicted molar refractivity (Wildman–Crippen MR) is 95.7 cm³/mol. The second kappa shape index (κ2) is 6.82. The number of rotatable bonds is 4. The van der Waals surface area contributed by atoms with E-state index in [0.29, 0.717) is 12.3 Å². The number of hydrogen-bond acceptors (Lipinski definition) is 5. The first-order chi connectivity index (χ1) is 12.3. The maximum atomic E-state index is 12.0. The van der Waals surface area contributed by atoms with E-state index in [0.717, 1.165) is 54.7 Å². The molecule has 1 aliphatic heterocycles. The van der Waals surface area contributed by atoms with E-state index in [1.54, 1.807) is 13.1 Å². The van der Waals surface area contributed by atoms with Gasteiger partial charge in [-0.15, -0.1) is 0 Å². The van der Waals surface area contributed by atoms with Gasteiger partial charge in [-0.1, -0.05) is 12.1 Å². The third-order valence-electron chi connectivity index (χ3n) is 4.58. The van der Waals surface area contributed by atoms with Crippen LogP contribution in [-0.4, -0.2) is 53.7 Å². The molecule has 1 aromatic carbocycles. The van der Waals surface area contributed by atoms with Crippen LogP contribution in [0.1, 0.15) is 23.0 Å². The van der Waals surface area contributed by atoms with Crippen LogP contribution in [0.25, 0.3) is 21.8 Å². The fraction of sp³-hybridized carbons (Fsp3) is 0.368. The topological polar surface area (TPSA) is 67.5 Å². The smallest absolute Gasteiger partial charge is 0.356 e. The number of esters is 1. The summed E-state index contributed by atoms with van der Waals surface area (Å²) in [7, 11) is 0. The number of fused-ring (bicyclic) bond motifs is 3. The molecule has 0 saturated carbocycles. The lowest BCUT2D eigenvalue weighted by atomic mass is 10.1. The van der Waals surface area contributed by atoms with E-state index in [1.807, 2.05) is 6.07 Å². The minimum absolute atomic E-state index is 0.342. The van der Waals surface area contributed by atoms with Crippen LogP contribution < -0.4 is 0 Å². The van der Waals surface area contributed by atoms with Gasteiger partial charge in [-0.05, 0) is 24.6 Å². The van der Waals surface area contributed by atoms with Crippen molar-refractivity contribution in [2.45, 2.75) is 13.5 Å². The van der Waals surface area contributed by atoms with Gasteiger partial charge in [-0.25, -0.2) is 9.78 Å². The van der Waals surface area contributed by atoms with Crippen LogP contribution in [-0.2, 0) is 16.0 Å². The van der Waals surface area contributed by atoms with Gasteiger partial charge in [0.1, 0.15) is 5.69 Å². The number of benzene rings is 1. The molecular weight excluding hydrogens is 318 g/mol. The Morgan fingerprint density at radius 1 is 1.32 bits per heavy atom. The van der Waals surface area contributed by atoms with Crippen molar-refractivity contribution in [3.8, 4) is 0 Å². The molecule has 2 aromatic heterocycles. The molecule has 4 rings (SSSR count). The molecule has 0 amide bonds. The van der Waals surface area contributed by atoms with E-state index in [-0.39, 0.29) is 5.97 Å².